The number of methoxy groups -OCH3 is 1. The maximum Gasteiger partial charge on any atom is 0.337 e. The molecule has 0 bridgehead atoms. The van der Waals surface area contributed by atoms with Crippen molar-refractivity contribution in [1.29, 1.82) is 0 Å². The van der Waals surface area contributed by atoms with Crippen LogP contribution in [0.5, 0.6) is 0 Å². The third-order valence-corrected chi connectivity index (χ3v) is 8.35. The van der Waals surface area contributed by atoms with Gasteiger partial charge in [-0.15, -0.1) is 0 Å². The second-order valence-electron chi connectivity index (χ2n) is 10.3. The molecule has 1 heterocycles. The Morgan fingerprint density at radius 3 is 2.36 bits per heavy atom. The number of alkyl halides is 1. The molecule has 202 valence electrons. The summed E-state index contributed by atoms with van der Waals surface area (Å²) in [6.45, 7) is 4.54. The van der Waals surface area contributed by atoms with Crippen LogP contribution in [0, 0.1) is 0 Å². The van der Waals surface area contributed by atoms with Gasteiger partial charge in [0.1, 0.15) is 0 Å². The summed E-state index contributed by atoms with van der Waals surface area (Å²) < 4.78 is 17.5. The number of hydrogen-bond acceptors (Lipinski definition) is 3. The minimum Gasteiger partial charge on any atom is -0.465 e. The summed E-state index contributed by atoms with van der Waals surface area (Å²) in [6.07, 6.45) is 3.22. The van der Waals surface area contributed by atoms with Gasteiger partial charge in [-0.1, -0.05) is 59.6 Å². The number of carbonyl (C=O) groups is 1. The van der Waals surface area contributed by atoms with Crippen LogP contribution < -0.4 is 0 Å². The molecule has 3 aromatic rings. The first-order valence-corrected chi connectivity index (χ1v) is 14.1. The molecule has 6 heteroatoms. The van der Waals surface area contributed by atoms with Crippen molar-refractivity contribution < 1.29 is 13.9 Å². The molecule has 0 saturated carbocycles. The standard InChI is InChI=1S/C33H32Cl2FNO2/c1-21(26-19-37(20-26)16-4-15-36)22-7-9-23(10-8-22)32-28-13-11-25(33(38)39-2)17-24(28)5-3-6-30(32)29-14-12-27(34)18-31(29)35/h7-14,17-18H,3-6,15-16,19-20H2,1-2H3. The molecule has 0 spiro atoms. The molecule has 5 rings (SSSR count). The number of esters is 1. The fraction of sp³-hybridized carbons (Fsp3) is 0.303. The molecule has 0 N–H and O–H groups in total. The molecular weight excluding hydrogens is 532 g/mol. The van der Waals surface area contributed by atoms with E-state index < -0.39 is 0 Å². The number of benzene rings is 3. The van der Waals surface area contributed by atoms with Gasteiger partial charge in [0.25, 0.3) is 0 Å². The summed E-state index contributed by atoms with van der Waals surface area (Å²) in [7, 11) is 1.41. The lowest BCUT2D eigenvalue weighted by atomic mass is 9.86. The third-order valence-electron chi connectivity index (χ3n) is 7.80. The molecule has 1 aliphatic heterocycles. The van der Waals surface area contributed by atoms with Gasteiger partial charge < -0.3 is 4.74 Å². The van der Waals surface area contributed by atoms with Gasteiger partial charge in [0.15, 0.2) is 0 Å². The molecule has 39 heavy (non-hydrogen) atoms. The Labute approximate surface area is 239 Å². The molecule has 0 atom stereocenters. The second-order valence-corrected chi connectivity index (χ2v) is 11.1. The monoisotopic (exact) mass is 563 g/mol. The summed E-state index contributed by atoms with van der Waals surface area (Å²) in [5.74, 6) is -0.333. The van der Waals surface area contributed by atoms with Gasteiger partial charge in [0.2, 0.25) is 0 Å². The van der Waals surface area contributed by atoms with Gasteiger partial charge in [0, 0.05) is 29.7 Å². The van der Waals surface area contributed by atoms with Crippen LogP contribution in [0.2, 0.25) is 10.0 Å². The van der Waals surface area contributed by atoms with Gasteiger partial charge in [-0.2, -0.15) is 0 Å². The van der Waals surface area contributed by atoms with Crippen molar-refractivity contribution in [2.75, 3.05) is 33.4 Å². The zero-order valence-corrected chi connectivity index (χ0v) is 23.8. The van der Waals surface area contributed by atoms with E-state index in [1.54, 1.807) is 6.07 Å². The number of rotatable bonds is 7. The summed E-state index contributed by atoms with van der Waals surface area (Å²) in [5, 5.41) is 1.24. The SMILES string of the molecule is COC(=O)c1ccc2c(c1)CCCC(c1ccc(Cl)cc1Cl)=C2c1ccc(C(C)=C2CN(CCCF)C2)cc1. The smallest absolute Gasteiger partial charge is 0.337 e. The largest absolute Gasteiger partial charge is 0.465 e. The molecular formula is C33H32Cl2FNO2. The minimum atomic E-state index is -0.333. The molecule has 3 nitrogen and oxygen atoms in total. The number of carbonyl (C=O) groups excluding carboxylic acids is 1. The minimum absolute atomic E-state index is 0.262. The Hall–Kier alpha value is -2.92. The quantitative estimate of drug-likeness (QED) is 0.270. The van der Waals surface area contributed by atoms with Crippen molar-refractivity contribution in [3.63, 3.8) is 0 Å². The number of aryl methyl sites for hydroxylation is 1. The normalized spacial score (nSPS) is 15.5. The average Bonchev–Trinajstić information content (AvgIpc) is 3.11. The lowest BCUT2D eigenvalue weighted by Crippen LogP contribution is -2.41. The van der Waals surface area contributed by atoms with Crippen LogP contribution in [0.1, 0.15) is 64.4 Å². The second kappa shape index (κ2) is 12.1. The lowest BCUT2D eigenvalue weighted by Gasteiger charge is -2.35. The summed E-state index contributed by atoms with van der Waals surface area (Å²) in [6, 6.07) is 20.2. The Kier molecular flexibility index (Phi) is 8.56. The van der Waals surface area contributed by atoms with E-state index in [-0.39, 0.29) is 12.6 Å². The van der Waals surface area contributed by atoms with E-state index >= 15 is 0 Å². The molecule has 0 radical (unpaired) electrons. The van der Waals surface area contributed by atoms with Crippen LogP contribution in [-0.4, -0.2) is 44.3 Å². The van der Waals surface area contributed by atoms with Gasteiger partial charge >= 0.3 is 5.97 Å². The van der Waals surface area contributed by atoms with Crippen LogP contribution in [0.25, 0.3) is 16.7 Å². The van der Waals surface area contributed by atoms with E-state index in [0.717, 1.165) is 66.7 Å². The van der Waals surface area contributed by atoms with E-state index in [9.17, 15) is 9.18 Å². The Bertz CT molecular complexity index is 1450. The Balaban J connectivity index is 1.58. The highest BCUT2D eigenvalue weighted by atomic mass is 35.5. The van der Waals surface area contributed by atoms with Crippen molar-refractivity contribution in [3.05, 3.63) is 110 Å². The first-order valence-electron chi connectivity index (χ1n) is 13.4. The number of halogens is 3. The zero-order chi connectivity index (χ0) is 27.5. The maximum atomic E-state index is 12.5. The van der Waals surface area contributed by atoms with Gasteiger partial charge in [0.05, 0.1) is 19.3 Å². The molecule has 1 aliphatic carbocycles. The van der Waals surface area contributed by atoms with Gasteiger partial charge in [-0.05, 0) is 107 Å². The van der Waals surface area contributed by atoms with Gasteiger partial charge in [-0.3, -0.25) is 9.29 Å². The van der Waals surface area contributed by atoms with E-state index in [2.05, 4.69) is 36.1 Å². The highest BCUT2D eigenvalue weighted by molar-refractivity contribution is 6.36. The Morgan fingerprint density at radius 1 is 0.949 bits per heavy atom. The number of hydrogen-bond donors (Lipinski definition) is 0. The highest BCUT2D eigenvalue weighted by Gasteiger charge is 2.24. The van der Waals surface area contributed by atoms with E-state index in [0.29, 0.717) is 22.0 Å². The molecule has 2 aliphatic rings. The first kappa shape index (κ1) is 27.6. The van der Waals surface area contributed by atoms with Crippen molar-refractivity contribution in [2.45, 2.75) is 32.6 Å². The topological polar surface area (TPSA) is 29.5 Å². The van der Waals surface area contributed by atoms with Crippen LogP contribution >= 0.6 is 23.2 Å². The van der Waals surface area contributed by atoms with Crippen molar-refractivity contribution in [1.82, 2.24) is 4.90 Å². The van der Waals surface area contributed by atoms with Crippen LogP contribution in [0.15, 0.2) is 66.2 Å². The third kappa shape index (κ3) is 5.84. The number of nitrogens with zero attached hydrogens (tertiary/aromatic N) is 1. The average molecular weight is 565 g/mol. The summed E-state index contributed by atoms with van der Waals surface area (Å²) in [5.41, 5.74) is 11.1. The Morgan fingerprint density at radius 2 is 1.67 bits per heavy atom. The highest BCUT2D eigenvalue weighted by Crippen LogP contribution is 2.42. The van der Waals surface area contributed by atoms with Crippen molar-refractivity contribution in [2.24, 2.45) is 0 Å². The van der Waals surface area contributed by atoms with E-state index in [1.165, 1.54) is 29.4 Å². The fourth-order valence-corrected chi connectivity index (χ4v) is 6.15. The van der Waals surface area contributed by atoms with Crippen molar-refractivity contribution in [3.8, 4) is 0 Å². The molecule has 3 aromatic carbocycles. The van der Waals surface area contributed by atoms with Crippen LogP contribution in [0.4, 0.5) is 4.39 Å². The molecule has 0 amide bonds. The zero-order valence-electron chi connectivity index (χ0n) is 22.3. The lowest BCUT2D eigenvalue weighted by molar-refractivity contribution is 0.0600. The van der Waals surface area contributed by atoms with Crippen LogP contribution in [0.3, 0.4) is 0 Å². The maximum absolute atomic E-state index is 12.5. The van der Waals surface area contributed by atoms with Crippen LogP contribution in [-0.2, 0) is 11.2 Å². The van der Waals surface area contributed by atoms with E-state index in [1.807, 2.05) is 30.3 Å². The number of ether oxygens (including phenoxy) is 1. The summed E-state index contributed by atoms with van der Waals surface area (Å²) in [4.78, 5) is 14.6. The predicted octanol–water partition coefficient (Wildman–Crippen LogP) is 8.52. The number of likely N-dealkylation sites (tertiary alicyclic amines) is 1. The molecule has 1 saturated heterocycles. The van der Waals surface area contributed by atoms with E-state index in [4.69, 9.17) is 27.9 Å². The van der Waals surface area contributed by atoms with Gasteiger partial charge in [-0.25, -0.2) is 4.79 Å². The molecule has 1 fully saturated rings. The first-order chi connectivity index (χ1) is 18.9. The fourth-order valence-electron chi connectivity index (χ4n) is 5.63. The molecule has 0 aromatic heterocycles. The number of allylic oxidation sites excluding steroid dienone is 2. The van der Waals surface area contributed by atoms with Crippen molar-refractivity contribution >= 4 is 45.9 Å². The number of fused-ring (bicyclic) bond motifs is 1. The summed E-state index contributed by atoms with van der Waals surface area (Å²) >= 11 is 13.0. The molecule has 0 unspecified atom stereocenters. The predicted molar refractivity (Wildman–Crippen MR) is 159 cm³/mol.